The molecule has 2 fully saturated rings. The number of fused-ring (bicyclic) bond motifs is 7. The van der Waals surface area contributed by atoms with Crippen molar-refractivity contribution in [3.63, 3.8) is 0 Å². The van der Waals surface area contributed by atoms with Gasteiger partial charge in [-0.1, -0.05) is 12.1 Å². The summed E-state index contributed by atoms with van der Waals surface area (Å²) in [6.45, 7) is 0.827. The van der Waals surface area contributed by atoms with Crippen molar-refractivity contribution in [2.24, 2.45) is 5.92 Å². The van der Waals surface area contributed by atoms with Crippen molar-refractivity contribution in [1.29, 1.82) is 0 Å². The van der Waals surface area contributed by atoms with E-state index in [0.29, 0.717) is 36.3 Å². The van der Waals surface area contributed by atoms with Crippen molar-refractivity contribution in [1.82, 2.24) is 25.1 Å². The van der Waals surface area contributed by atoms with Gasteiger partial charge in [0.1, 0.15) is 29.9 Å². The van der Waals surface area contributed by atoms with Crippen molar-refractivity contribution < 1.29 is 28.6 Å². The van der Waals surface area contributed by atoms with Crippen LogP contribution in [0.25, 0.3) is 0 Å². The summed E-state index contributed by atoms with van der Waals surface area (Å²) < 4.78 is 19.2. The van der Waals surface area contributed by atoms with E-state index in [0.717, 1.165) is 18.4 Å². The minimum absolute atomic E-state index is 0.179. The molecule has 12 heteroatoms. The molecule has 3 amide bonds. The maximum atomic E-state index is 13.6. The molecule has 1 saturated carbocycles. The highest BCUT2D eigenvalue weighted by Gasteiger charge is 2.38. The molecular formula is C30H31N5O7. The van der Waals surface area contributed by atoms with Gasteiger partial charge in [-0.25, -0.2) is 9.78 Å². The molecular weight excluding hydrogens is 542 g/mol. The fourth-order valence-corrected chi connectivity index (χ4v) is 4.87. The maximum absolute atomic E-state index is 13.6. The Balaban J connectivity index is 1.26. The molecule has 12 nitrogen and oxygen atoms in total. The number of hydrogen-bond acceptors (Lipinski definition) is 8. The SMILES string of the molecule is O=C1COc2cc(OCC3CC3)cc(c2)C(=O)N[C@H]2CN(C(=O)Cn3cccnc3=O)C[C@@H]2Oc2ccc(cc2)CN1. The second-order valence-electron chi connectivity index (χ2n) is 10.7. The van der Waals surface area contributed by atoms with Gasteiger partial charge in [-0.15, -0.1) is 0 Å². The lowest BCUT2D eigenvalue weighted by molar-refractivity contribution is -0.131. The molecule has 2 N–H and O–H groups in total. The van der Waals surface area contributed by atoms with Crippen molar-refractivity contribution in [3.8, 4) is 17.2 Å². The molecule has 0 spiro atoms. The number of aromatic nitrogens is 2. The third-order valence-corrected chi connectivity index (χ3v) is 7.42. The summed E-state index contributed by atoms with van der Waals surface area (Å²) in [5, 5.41) is 5.84. The van der Waals surface area contributed by atoms with Crippen LogP contribution in [-0.4, -0.2) is 70.6 Å². The first kappa shape index (κ1) is 27.3. The van der Waals surface area contributed by atoms with Crippen LogP contribution in [0.1, 0.15) is 28.8 Å². The number of amides is 3. The van der Waals surface area contributed by atoms with Crippen molar-refractivity contribution in [2.45, 2.75) is 38.1 Å². The summed E-state index contributed by atoms with van der Waals surface area (Å²) in [6, 6.07) is 13.1. The monoisotopic (exact) mass is 573 g/mol. The normalized spacial score (nSPS) is 20.4. The second-order valence-corrected chi connectivity index (χ2v) is 10.7. The Kier molecular flexibility index (Phi) is 7.76. The number of hydrogen-bond donors (Lipinski definition) is 2. The largest absolute Gasteiger partial charge is 0.493 e. The van der Waals surface area contributed by atoms with Gasteiger partial charge in [-0.05, 0) is 54.7 Å². The Morgan fingerprint density at radius 1 is 1.05 bits per heavy atom. The van der Waals surface area contributed by atoms with E-state index >= 15 is 0 Å². The van der Waals surface area contributed by atoms with Gasteiger partial charge in [0, 0.05) is 37.1 Å². The van der Waals surface area contributed by atoms with Gasteiger partial charge >= 0.3 is 5.69 Å². The van der Waals surface area contributed by atoms with Gasteiger partial charge in [-0.3, -0.25) is 19.0 Å². The smallest absolute Gasteiger partial charge is 0.347 e. The van der Waals surface area contributed by atoms with Crippen molar-refractivity contribution in [3.05, 3.63) is 82.5 Å². The third-order valence-electron chi connectivity index (χ3n) is 7.42. The second kappa shape index (κ2) is 11.9. The molecule has 1 aliphatic carbocycles. The molecule has 42 heavy (non-hydrogen) atoms. The first-order chi connectivity index (χ1) is 20.4. The van der Waals surface area contributed by atoms with Crippen LogP contribution in [0.3, 0.4) is 0 Å². The third kappa shape index (κ3) is 6.70. The van der Waals surface area contributed by atoms with Gasteiger partial charge in [-0.2, -0.15) is 0 Å². The molecule has 2 atom stereocenters. The Hall–Kier alpha value is -4.87. The molecule has 3 aromatic rings. The van der Waals surface area contributed by atoms with Crippen LogP contribution < -0.4 is 30.5 Å². The Morgan fingerprint density at radius 3 is 2.67 bits per heavy atom. The highest BCUT2D eigenvalue weighted by atomic mass is 16.5. The predicted octanol–water partition coefficient (Wildman–Crippen LogP) is 1.13. The summed E-state index contributed by atoms with van der Waals surface area (Å²) >= 11 is 0. The first-order valence-electron chi connectivity index (χ1n) is 13.9. The average molecular weight is 574 g/mol. The molecule has 218 valence electrons. The molecule has 1 saturated heterocycles. The van der Waals surface area contributed by atoms with Crippen LogP contribution in [0.4, 0.5) is 0 Å². The van der Waals surface area contributed by atoms with Crippen LogP contribution in [0, 0.1) is 5.92 Å². The average Bonchev–Trinajstić information content (AvgIpc) is 3.75. The number of ether oxygens (including phenoxy) is 3. The lowest BCUT2D eigenvalue weighted by Gasteiger charge is -2.21. The lowest BCUT2D eigenvalue weighted by Crippen LogP contribution is -2.45. The van der Waals surface area contributed by atoms with Gasteiger partial charge in [0.05, 0.1) is 19.2 Å². The zero-order valence-corrected chi connectivity index (χ0v) is 22.9. The predicted molar refractivity (Wildman–Crippen MR) is 149 cm³/mol. The van der Waals surface area contributed by atoms with Gasteiger partial charge in [0.15, 0.2) is 6.61 Å². The highest BCUT2D eigenvalue weighted by Crippen LogP contribution is 2.31. The summed E-state index contributed by atoms with van der Waals surface area (Å²) in [5.74, 6) is 0.850. The quantitative estimate of drug-likeness (QED) is 0.463. The van der Waals surface area contributed by atoms with E-state index in [4.69, 9.17) is 14.2 Å². The standard InChI is InChI=1S/C30H31N5O7/c36-27-18-41-24-11-21(10-23(12-24)40-17-20-2-3-20)29(38)33-25-14-35(28(37)16-34-9-1-8-31-30(34)39)15-26(25)42-22-6-4-19(5-7-22)13-32-27/h1,4-12,20,25-26H,2-3,13-18H2,(H,32,36)(H,33,38)/t25-,26-/m0/s1. The number of rotatable bonds is 5. The summed E-state index contributed by atoms with van der Waals surface area (Å²) in [6.07, 6.45) is 4.54. The number of likely N-dealkylation sites (tertiary alicyclic amines) is 1. The minimum Gasteiger partial charge on any atom is -0.493 e. The van der Waals surface area contributed by atoms with E-state index in [2.05, 4.69) is 15.6 Å². The van der Waals surface area contributed by atoms with E-state index in [-0.39, 0.29) is 43.6 Å². The highest BCUT2D eigenvalue weighted by molar-refractivity contribution is 5.95. The van der Waals surface area contributed by atoms with E-state index < -0.39 is 23.7 Å². The Bertz CT molecular complexity index is 1540. The van der Waals surface area contributed by atoms with Crippen LogP contribution in [0.2, 0.25) is 0 Å². The molecule has 2 aromatic carbocycles. The molecule has 4 heterocycles. The topological polar surface area (TPSA) is 141 Å². The molecule has 0 unspecified atom stereocenters. The molecule has 7 rings (SSSR count). The minimum atomic E-state index is -0.560. The number of carbonyl (C=O) groups is 3. The van der Waals surface area contributed by atoms with Crippen LogP contribution >= 0.6 is 0 Å². The number of carbonyl (C=O) groups excluding carboxylic acids is 3. The van der Waals surface area contributed by atoms with E-state index in [1.807, 2.05) is 12.1 Å². The molecule has 3 aliphatic heterocycles. The zero-order valence-electron chi connectivity index (χ0n) is 22.9. The summed E-state index contributed by atoms with van der Waals surface area (Å²) in [7, 11) is 0. The van der Waals surface area contributed by atoms with Gasteiger partial charge in [0.2, 0.25) is 5.91 Å². The van der Waals surface area contributed by atoms with Crippen LogP contribution in [0.5, 0.6) is 17.2 Å². The summed E-state index contributed by atoms with van der Waals surface area (Å²) in [5.41, 5.74) is 0.638. The molecule has 1 aromatic heterocycles. The van der Waals surface area contributed by atoms with Crippen molar-refractivity contribution in [2.75, 3.05) is 26.3 Å². The molecule has 4 aliphatic rings. The number of nitrogens with one attached hydrogen (secondary N) is 2. The van der Waals surface area contributed by atoms with Gasteiger partial charge < -0.3 is 29.7 Å². The fourth-order valence-electron chi connectivity index (χ4n) is 4.87. The summed E-state index contributed by atoms with van der Waals surface area (Å²) in [4.78, 5) is 56.5. The van der Waals surface area contributed by atoms with Gasteiger partial charge in [0.25, 0.3) is 11.8 Å². The first-order valence-corrected chi connectivity index (χ1v) is 13.9. The Morgan fingerprint density at radius 2 is 1.88 bits per heavy atom. The Labute approximate surface area is 241 Å². The van der Waals surface area contributed by atoms with E-state index in [1.165, 1.54) is 17.0 Å². The van der Waals surface area contributed by atoms with Crippen LogP contribution in [-0.2, 0) is 22.7 Å². The van der Waals surface area contributed by atoms with Crippen molar-refractivity contribution >= 4 is 17.7 Å². The van der Waals surface area contributed by atoms with E-state index in [9.17, 15) is 19.2 Å². The number of benzene rings is 2. The fraction of sp³-hybridized carbons (Fsp3) is 0.367. The van der Waals surface area contributed by atoms with Crippen LogP contribution in [0.15, 0.2) is 65.7 Å². The molecule has 4 bridgehead atoms. The maximum Gasteiger partial charge on any atom is 0.347 e. The lowest BCUT2D eigenvalue weighted by atomic mass is 10.1. The number of nitrogens with zero attached hydrogens (tertiary/aromatic N) is 3. The van der Waals surface area contributed by atoms with E-state index in [1.54, 1.807) is 41.3 Å². The molecule has 0 radical (unpaired) electrons. The zero-order chi connectivity index (χ0) is 29.1.